The maximum Gasteiger partial charge on any atom is 0.271 e. The molecule has 1 aromatic heterocycles. The first-order chi connectivity index (χ1) is 9.11. The summed E-state index contributed by atoms with van der Waals surface area (Å²) in [4.78, 5) is 16.4. The van der Waals surface area contributed by atoms with E-state index in [1.807, 2.05) is 0 Å². The molecule has 19 heavy (non-hydrogen) atoms. The first kappa shape index (κ1) is 14.1. The van der Waals surface area contributed by atoms with Gasteiger partial charge in [-0.25, -0.2) is 4.98 Å². The summed E-state index contributed by atoms with van der Waals surface area (Å²) >= 11 is 6.04. The van der Waals surface area contributed by atoms with E-state index in [1.165, 1.54) is 25.7 Å². The number of amides is 1. The lowest BCUT2D eigenvalue weighted by atomic mass is 10.00. The van der Waals surface area contributed by atoms with Crippen LogP contribution in [0.4, 0.5) is 5.82 Å². The first-order valence-corrected chi connectivity index (χ1v) is 7.14. The third-order valence-electron chi connectivity index (χ3n) is 3.78. The average molecular weight is 282 g/mol. The fraction of sp³-hybridized carbons (Fsp3) is 0.571. The van der Waals surface area contributed by atoms with Crippen molar-refractivity contribution in [1.82, 2.24) is 10.3 Å². The number of nitrogens with zero attached hydrogens (tertiary/aromatic N) is 1. The summed E-state index contributed by atoms with van der Waals surface area (Å²) in [6, 6.07) is 3.61. The van der Waals surface area contributed by atoms with E-state index in [2.05, 4.69) is 22.5 Å². The predicted molar refractivity (Wildman–Crippen MR) is 77.7 cm³/mol. The van der Waals surface area contributed by atoms with Crippen LogP contribution in [0.15, 0.2) is 12.1 Å². The zero-order valence-electron chi connectivity index (χ0n) is 11.4. The first-order valence-electron chi connectivity index (χ1n) is 6.77. The quantitative estimate of drug-likeness (QED) is 0.892. The van der Waals surface area contributed by atoms with Gasteiger partial charge in [0.25, 0.3) is 5.91 Å². The summed E-state index contributed by atoms with van der Waals surface area (Å²) < 4.78 is 0. The van der Waals surface area contributed by atoms with Crippen molar-refractivity contribution in [1.29, 1.82) is 0 Å². The molecule has 104 valence electrons. The molecular weight excluding hydrogens is 262 g/mol. The highest BCUT2D eigenvalue weighted by atomic mass is 35.5. The van der Waals surface area contributed by atoms with Gasteiger partial charge in [-0.05, 0) is 37.8 Å². The van der Waals surface area contributed by atoms with Gasteiger partial charge in [-0.15, -0.1) is 0 Å². The van der Waals surface area contributed by atoms with E-state index in [0.717, 1.165) is 0 Å². The molecule has 1 aromatic rings. The smallest absolute Gasteiger partial charge is 0.271 e. The van der Waals surface area contributed by atoms with Crippen LogP contribution in [0, 0.1) is 5.92 Å². The van der Waals surface area contributed by atoms with Crippen molar-refractivity contribution >= 4 is 23.3 Å². The number of hydrogen-bond acceptors (Lipinski definition) is 3. The van der Waals surface area contributed by atoms with Crippen molar-refractivity contribution in [3.63, 3.8) is 0 Å². The van der Waals surface area contributed by atoms with Crippen molar-refractivity contribution in [2.75, 3.05) is 12.4 Å². The van der Waals surface area contributed by atoms with Crippen molar-refractivity contribution in [3.8, 4) is 0 Å². The number of carbonyl (C=O) groups is 1. The van der Waals surface area contributed by atoms with Crippen LogP contribution in [0.25, 0.3) is 0 Å². The molecule has 2 N–H and O–H groups in total. The predicted octanol–water partition coefficient (Wildman–Crippen LogP) is 3.09. The Bertz CT molecular complexity index is 458. The van der Waals surface area contributed by atoms with Gasteiger partial charge in [-0.2, -0.15) is 0 Å². The Morgan fingerprint density at radius 2 is 2.11 bits per heavy atom. The van der Waals surface area contributed by atoms with Crippen molar-refractivity contribution in [2.45, 2.75) is 38.6 Å². The number of hydrogen-bond donors (Lipinski definition) is 2. The molecule has 1 unspecified atom stereocenters. The Morgan fingerprint density at radius 3 is 2.74 bits per heavy atom. The van der Waals surface area contributed by atoms with E-state index in [0.29, 0.717) is 22.5 Å². The zero-order chi connectivity index (χ0) is 13.8. The van der Waals surface area contributed by atoms with Crippen LogP contribution in [-0.4, -0.2) is 24.0 Å². The fourth-order valence-electron chi connectivity index (χ4n) is 2.59. The maximum absolute atomic E-state index is 12.2. The van der Waals surface area contributed by atoms with E-state index in [9.17, 15) is 4.79 Å². The Balaban J connectivity index is 2.06. The van der Waals surface area contributed by atoms with Gasteiger partial charge < -0.3 is 10.6 Å². The Kier molecular flexibility index (Phi) is 4.64. The third-order valence-corrected chi connectivity index (χ3v) is 4.09. The molecule has 1 amide bonds. The summed E-state index contributed by atoms with van der Waals surface area (Å²) in [5, 5.41) is 6.31. The molecule has 5 heteroatoms. The largest absolute Gasteiger partial charge is 0.373 e. The van der Waals surface area contributed by atoms with Crippen LogP contribution >= 0.6 is 11.6 Å². The summed E-state index contributed by atoms with van der Waals surface area (Å²) in [5.74, 6) is 1.03. The zero-order valence-corrected chi connectivity index (χ0v) is 12.1. The normalized spacial score (nSPS) is 17.2. The van der Waals surface area contributed by atoms with Crippen LogP contribution in [0.5, 0.6) is 0 Å². The maximum atomic E-state index is 12.2. The SMILES string of the molecule is CNc1ccc(Cl)c(C(=O)NC(C)C2CCCC2)n1. The van der Waals surface area contributed by atoms with Gasteiger partial charge in [-0.3, -0.25) is 4.79 Å². The molecule has 0 spiro atoms. The van der Waals surface area contributed by atoms with Crippen LogP contribution < -0.4 is 10.6 Å². The summed E-state index contributed by atoms with van der Waals surface area (Å²) in [5.41, 5.74) is 0.290. The van der Waals surface area contributed by atoms with Gasteiger partial charge in [-0.1, -0.05) is 24.4 Å². The van der Waals surface area contributed by atoms with E-state index in [-0.39, 0.29) is 11.9 Å². The van der Waals surface area contributed by atoms with Gasteiger partial charge >= 0.3 is 0 Å². The van der Waals surface area contributed by atoms with Crippen molar-refractivity contribution in [2.24, 2.45) is 5.92 Å². The lowest BCUT2D eigenvalue weighted by Crippen LogP contribution is -2.37. The van der Waals surface area contributed by atoms with Crippen molar-refractivity contribution in [3.05, 3.63) is 22.8 Å². The topological polar surface area (TPSA) is 54.0 Å². The number of aromatic nitrogens is 1. The van der Waals surface area contributed by atoms with Gasteiger partial charge in [0.2, 0.25) is 0 Å². The van der Waals surface area contributed by atoms with Gasteiger partial charge in [0.15, 0.2) is 0 Å². The highest BCUT2D eigenvalue weighted by molar-refractivity contribution is 6.33. The van der Waals surface area contributed by atoms with Gasteiger partial charge in [0.1, 0.15) is 11.5 Å². The van der Waals surface area contributed by atoms with Crippen LogP contribution in [0.3, 0.4) is 0 Å². The minimum absolute atomic E-state index is 0.172. The number of anilines is 1. The van der Waals surface area contributed by atoms with E-state index in [1.54, 1.807) is 19.2 Å². The van der Waals surface area contributed by atoms with Crippen LogP contribution in [0.2, 0.25) is 5.02 Å². The Labute approximate surface area is 118 Å². The summed E-state index contributed by atoms with van der Waals surface area (Å²) in [6.07, 6.45) is 4.91. The third kappa shape index (κ3) is 3.38. The van der Waals surface area contributed by atoms with Crippen molar-refractivity contribution < 1.29 is 4.79 Å². The molecule has 0 radical (unpaired) electrons. The standard InChI is InChI=1S/C14H20ClN3O/c1-9(10-5-3-4-6-10)17-14(19)13-11(15)7-8-12(16-2)18-13/h7-10H,3-6H2,1-2H3,(H,16,18)(H,17,19). The second-order valence-electron chi connectivity index (χ2n) is 5.08. The Hall–Kier alpha value is -1.29. The molecule has 4 nitrogen and oxygen atoms in total. The molecular formula is C14H20ClN3O. The molecule has 1 saturated carbocycles. The lowest BCUT2D eigenvalue weighted by Gasteiger charge is -2.20. The average Bonchev–Trinajstić information content (AvgIpc) is 2.93. The molecule has 1 aliphatic rings. The fourth-order valence-corrected chi connectivity index (χ4v) is 2.78. The van der Waals surface area contributed by atoms with Gasteiger partial charge in [0, 0.05) is 13.1 Å². The highest BCUT2D eigenvalue weighted by Gasteiger charge is 2.24. The number of halogens is 1. The van der Waals surface area contributed by atoms with Gasteiger partial charge in [0.05, 0.1) is 5.02 Å². The molecule has 1 atom stereocenters. The molecule has 2 rings (SSSR count). The summed E-state index contributed by atoms with van der Waals surface area (Å²) in [6.45, 7) is 2.06. The molecule has 1 fully saturated rings. The molecule has 1 aliphatic carbocycles. The second kappa shape index (κ2) is 6.24. The number of rotatable bonds is 4. The van der Waals surface area contributed by atoms with E-state index >= 15 is 0 Å². The lowest BCUT2D eigenvalue weighted by molar-refractivity contribution is 0.0922. The molecule has 0 aliphatic heterocycles. The van der Waals surface area contributed by atoms with Crippen LogP contribution in [-0.2, 0) is 0 Å². The molecule has 0 saturated heterocycles. The molecule has 0 aromatic carbocycles. The number of pyridine rings is 1. The van der Waals surface area contributed by atoms with E-state index < -0.39 is 0 Å². The second-order valence-corrected chi connectivity index (χ2v) is 5.49. The number of nitrogens with one attached hydrogen (secondary N) is 2. The number of carbonyl (C=O) groups excluding carboxylic acids is 1. The highest BCUT2D eigenvalue weighted by Crippen LogP contribution is 2.27. The molecule has 0 bridgehead atoms. The minimum atomic E-state index is -0.193. The molecule has 1 heterocycles. The van der Waals surface area contributed by atoms with E-state index in [4.69, 9.17) is 11.6 Å². The Morgan fingerprint density at radius 1 is 1.42 bits per heavy atom. The monoisotopic (exact) mass is 281 g/mol. The minimum Gasteiger partial charge on any atom is -0.373 e. The summed E-state index contributed by atoms with van der Waals surface area (Å²) in [7, 11) is 1.76. The van der Waals surface area contributed by atoms with Crippen LogP contribution in [0.1, 0.15) is 43.1 Å².